The van der Waals surface area contributed by atoms with Gasteiger partial charge in [-0.25, -0.2) is 0 Å². The summed E-state index contributed by atoms with van der Waals surface area (Å²) in [6.07, 6.45) is 4.56. The van der Waals surface area contributed by atoms with Gasteiger partial charge in [0.1, 0.15) is 0 Å². The number of carboxylic acid groups (broad SMARTS) is 1. The molecule has 1 amide bonds. The molecule has 0 spiro atoms. The molecule has 1 unspecified atom stereocenters. The first-order valence-electron chi connectivity index (χ1n) is 7.03. The van der Waals surface area contributed by atoms with Crippen LogP contribution in [0.4, 0.5) is 0 Å². The third kappa shape index (κ3) is 2.02. The van der Waals surface area contributed by atoms with Crippen molar-refractivity contribution in [2.45, 2.75) is 46.0 Å². The molecule has 1 aliphatic heterocycles. The molecular weight excluding hydrogens is 230 g/mol. The Hall–Kier alpha value is -1.06. The Balaban J connectivity index is 2.07. The summed E-state index contributed by atoms with van der Waals surface area (Å²) in [5.41, 5.74) is -0.637. The number of nitrogens with zero attached hydrogens (tertiary/aromatic N) is 1. The van der Waals surface area contributed by atoms with Crippen LogP contribution in [0.5, 0.6) is 0 Å². The maximum Gasteiger partial charge on any atom is 0.311 e. The maximum absolute atomic E-state index is 12.3. The van der Waals surface area contributed by atoms with E-state index >= 15 is 0 Å². The van der Waals surface area contributed by atoms with Crippen molar-refractivity contribution in [3.05, 3.63) is 0 Å². The lowest BCUT2D eigenvalue weighted by molar-refractivity contribution is -0.149. The second kappa shape index (κ2) is 4.90. The van der Waals surface area contributed by atoms with Gasteiger partial charge in [-0.05, 0) is 25.2 Å². The number of likely N-dealkylation sites (tertiary alicyclic amines) is 1. The summed E-state index contributed by atoms with van der Waals surface area (Å²) in [5, 5.41) is 9.48. The van der Waals surface area contributed by atoms with E-state index in [9.17, 15) is 14.7 Å². The zero-order valence-electron chi connectivity index (χ0n) is 11.3. The normalized spacial score (nSPS) is 32.3. The molecule has 1 saturated carbocycles. The second-order valence-electron chi connectivity index (χ2n) is 5.96. The van der Waals surface area contributed by atoms with Crippen LogP contribution in [0.25, 0.3) is 0 Å². The number of carbonyl (C=O) groups is 2. The highest BCUT2D eigenvalue weighted by Gasteiger charge is 2.55. The fourth-order valence-electron chi connectivity index (χ4n) is 3.67. The van der Waals surface area contributed by atoms with Gasteiger partial charge in [0.25, 0.3) is 0 Å². The van der Waals surface area contributed by atoms with E-state index in [1.165, 1.54) is 0 Å². The number of aliphatic carboxylic acids is 1. The fourth-order valence-corrected chi connectivity index (χ4v) is 3.67. The first kappa shape index (κ1) is 13.4. The van der Waals surface area contributed by atoms with Crippen molar-refractivity contribution in [2.75, 3.05) is 13.1 Å². The molecule has 0 aromatic carbocycles. The van der Waals surface area contributed by atoms with Crippen LogP contribution in [0.3, 0.4) is 0 Å². The van der Waals surface area contributed by atoms with Crippen molar-refractivity contribution in [1.29, 1.82) is 0 Å². The minimum Gasteiger partial charge on any atom is -0.481 e. The highest BCUT2D eigenvalue weighted by molar-refractivity contribution is 5.82. The van der Waals surface area contributed by atoms with E-state index in [2.05, 4.69) is 6.92 Å². The quantitative estimate of drug-likeness (QED) is 0.835. The Morgan fingerprint density at radius 2 is 2.22 bits per heavy atom. The largest absolute Gasteiger partial charge is 0.481 e. The van der Waals surface area contributed by atoms with Crippen molar-refractivity contribution in [3.63, 3.8) is 0 Å². The SMILES string of the molecule is CCCC(C)C(=O)N1C[C@@H]2CCC[C@@]2(C(=O)O)C1. The van der Waals surface area contributed by atoms with Crippen molar-refractivity contribution < 1.29 is 14.7 Å². The highest BCUT2D eigenvalue weighted by atomic mass is 16.4. The molecule has 2 rings (SSSR count). The molecule has 4 heteroatoms. The standard InChI is InChI=1S/C14H23NO3/c1-3-5-10(2)12(16)15-8-11-6-4-7-14(11,9-15)13(17)18/h10-11H,3-9H2,1-2H3,(H,17,18)/t10?,11-,14+/m0/s1. The predicted molar refractivity (Wildman–Crippen MR) is 68.1 cm³/mol. The van der Waals surface area contributed by atoms with Gasteiger partial charge in [0, 0.05) is 19.0 Å². The number of carboxylic acids is 1. The summed E-state index contributed by atoms with van der Waals surface area (Å²) in [4.78, 5) is 25.6. The lowest BCUT2D eigenvalue weighted by Gasteiger charge is -2.24. The van der Waals surface area contributed by atoms with Gasteiger partial charge in [0.05, 0.1) is 5.41 Å². The molecule has 102 valence electrons. The number of rotatable bonds is 4. The molecule has 4 nitrogen and oxygen atoms in total. The zero-order valence-corrected chi connectivity index (χ0v) is 11.3. The molecule has 2 aliphatic rings. The number of carbonyl (C=O) groups excluding carboxylic acids is 1. The van der Waals surface area contributed by atoms with Gasteiger partial charge in [-0.3, -0.25) is 9.59 Å². The number of fused-ring (bicyclic) bond motifs is 1. The third-order valence-corrected chi connectivity index (χ3v) is 4.75. The molecule has 1 N–H and O–H groups in total. The van der Waals surface area contributed by atoms with E-state index in [1.54, 1.807) is 4.90 Å². The monoisotopic (exact) mass is 253 g/mol. The number of hydrogen-bond acceptors (Lipinski definition) is 2. The molecule has 0 aromatic heterocycles. The number of hydrogen-bond donors (Lipinski definition) is 1. The zero-order chi connectivity index (χ0) is 13.3. The summed E-state index contributed by atoms with van der Waals surface area (Å²) in [7, 11) is 0. The van der Waals surface area contributed by atoms with E-state index in [-0.39, 0.29) is 17.7 Å². The van der Waals surface area contributed by atoms with Crippen molar-refractivity contribution >= 4 is 11.9 Å². The van der Waals surface area contributed by atoms with Crippen LogP contribution in [-0.2, 0) is 9.59 Å². The van der Waals surface area contributed by atoms with E-state index in [0.29, 0.717) is 13.1 Å². The van der Waals surface area contributed by atoms with Gasteiger partial charge in [-0.1, -0.05) is 26.7 Å². The van der Waals surface area contributed by atoms with Crippen LogP contribution in [0.2, 0.25) is 0 Å². The molecular formula is C14H23NO3. The smallest absolute Gasteiger partial charge is 0.311 e. The van der Waals surface area contributed by atoms with Crippen LogP contribution >= 0.6 is 0 Å². The molecule has 1 saturated heterocycles. The Bertz CT molecular complexity index is 355. The topological polar surface area (TPSA) is 57.6 Å². The third-order valence-electron chi connectivity index (χ3n) is 4.75. The fraction of sp³-hybridized carbons (Fsp3) is 0.857. The van der Waals surface area contributed by atoms with Crippen molar-refractivity contribution in [2.24, 2.45) is 17.3 Å². The van der Waals surface area contributed by atoms with Crippen molar-refractivity contribution in [3.8, 4) is 0 Å². The average molecular weight is 253 g/mol. The van der Waals surface area contributed by atoms with Gasteiger partial charge in [0.2, 0.25) is 5.91 Å². The lowest BCUT2D eigenvalue weighted by atomic mass is 9.81. The molecule has 1 heterocycles. The summed E-state index contributed by atoms with van der Waals surface area (Å²) in [6.45, 7) is 5.10. The Morgan fingerprint density at radius 1 is 1.50 bits per heavy atom. The molecule has 0 radical (unpaired) electrons. The van der Waals surface area contributed by atoms with Gasteiger partial charge >= 0.3 is 5.97 Å². The predicted octanol–water partition coefficient (Wildman–Crippen LogP) is 2.14. The molecule has 0 aromatic rings. The van der Waals surface area contributed by atoms with Crippen LogP contribution in [0, 0.1) is 17.3 Å². The summed E-state index contributed by atoms with van der Waals surface area (Å²) >= 11 is 0. The summed E-state index contributed by atoms with van der Waals surface area (Å²) < 4.78 is 0. The summed E-state index contributed by atoms with van der Waals surface area (Å²) in [5.74, 6) is -0.359. The van der Waals surface area contributed by atoms with Crippen LogP contribution in [0.15, 0.2) is 0 Å². The minimum atomic E-state index is -0.705. The molecule has 3 atom stereocenters. The van der Waals surface area contributed by atoms with E-state index < -0.39 is 11.4 Å². The Kier molecular flexibility index (Phi) is 3.64. The summed E-state index contributed by atoms with van der Waals surface area (Å²) in [6, 6.07) is 0. The first-order valence-corrected chi connectivity index (χ1v) is 7.03. The Morgan fingerprint density at radius 3 is 2.78 bits per heavy atom. The second-order valence-corrected chi connectivity index (χ2v) is 5.96. The maximum atomic E-state index is 12.3. The van der Waals surface area contributed by atoms with Crippen LogP contribution in [-0.4, -0.2) is 35.0 Å². The van der Waals surface area contributed by atoms with E-state index in [0.717, 1.165) is 32.1 Å². The van der Waals surface area contributed by atoms with Gasteiger partial charge in [0.15, 0.2) is 0 Å². The first-order chi connectivity index (χ1) is 8.51. The molecule has 2 fully saturated rings. The van der Waals surface area contributed by atoms with Gasteiger partial charge in [-0.15, -0.1) is 0 Å². The van der Waals surface area contributed by atoms with Gasteiger partial charge < -0.3 is 10.0 Å². The average Bonchev–Trinajstić information content (AvgIpc) is 2.85. The van der Waals surface area contributed by atoms with Gasteiger partial charge in [-0.2, -0.15) is 0 Å². The van der Waals surface area contributed by atoms with Crippen LogP contribution in [0.1, 0.15) is 46.0 Å². The molecule has 18 heavy (non-hydrogen) atoms. The molecule has 0 bridgehead atoms. The van der Waals surface area contributed by atoms with E-state index in [1.807, 2.05) is 6.92 Å². The Labute approximate surface area is 108 Å². The van der Waals surface area contributed by atoms with Crippen LogP contribution < -0.4 is 0 Å². The number of amides is 1. The van der Waals surface area contributed by atoms with Crippen molar-refractivity contribution in [1.82, 2.24) is 4.90 Å². The lowest BCUT2D eigenvalue weighted by Crippen LogP contribution is -2.38. The molecule has 1 aliphatic carbocycles. The highest BCUT2D eigenvalue weighted by Crippen LogP contribution is 2.49. The van der Waals surface area contributed by atoms with E-state index in [4.69, 9.17) is 0 Å². The minimum absolute atomic E-state index is 0.0275.